The van der Waals surface area contributed by atoms with E-state index in [0.29, 0.717) is 0 Å². The van der Waals surface area contributed by atoms with Crippen LogP contribution in [0.2, 0.25) is 0 Å². The van der Waals surface area contributed by atoms with Crippen molar-refractivity contribution in [1.29, 1.82) is 0 Å². The zero-order valence-corrected chi connectivity index (χ0v) is 13.8. The van der Waals surface area contributed by atoms with Crippen molar-refractivity contribution in [2.75, 3.05) is 0 Å². The lowest BCUT2D eigenvalue weighted by Gasteiger charge is -2.22. The largest absolute Gasteiger partial charge is 0.492 e. The maximum absolute atomic E-state index is 10.4. The summed E-state index contributed by atoms with van der Waals surface area (Å²) in [5, 5.41) is 14.8. The van der Waals surface area contributed by atoms with Crippen molar-refractivity contribution in [2.45, 2.75) is 59.4 Å². The lowest BCUT2D eigenvalue weighted by Crippen LogP contribution is -2.19. The second-order valence-electron chi connectivity index (χ2n) is 6.74. The molecule has 0 spiro atoms. The first-order valence-electron chi connectivity index (χ1n) is 7.72. The summed E-state index contributed by atoms with van der Waals surface area (Å²) in [6, 6.07) is 8.27. The SMILES string of the molecule is CCCCn1nc(O)c(-c2ccc(C)cc2)c1C(C)(C)C. The third-order valence-electron chi connectivity index (χ3n) is 3.71. The zero-order valence-electron chi connectivity index (χ0n) is 13.8. The van der Waals surface area contributed by atoms with Gasteiger partial charge in [0.15, 0.2) is 0 Å². The Kier molecular flexibility index (Phi) is 4.40. The first-order valence-corrected chi connectivity index (χ1v) is 7.72. The first kappa shape index (κ1) is 15.6. The average Bonchev–Trinajstić information content (AvgIpc) is 2.74. The number of hydrogen-bond donors (Lipinski definition) is 1. The summed E-state index contributed by atoms with van der Waals surface area (Å²) in [5.41, 5.74) is 4.16. The van der Waals surface area contributed by atoms with Gasteiger partial charge in [-0.15, -0.1) is 5.10 Å². The Morgan fingerprint density at radius 1 is 1.14 bits per heavy atom. The smallest absolute Gasteiger partial charge is 0.238 e. The molecule has 0 radical (unpaired) electrons. The van der Waals surface area contributed by atoms with E-state index in [0.717, 1.165) is 36.2 Å². The van der Waals surface area contributed by atoms with Crippen molar-refractivity contribution < 1.29 is 5.11 Å². The Morgan fingerprint density at radius 3 is 2.29 bits per heavy atom. The lowest BCUT2D eigenvalue weighted by atomic mass is 9.86. The van der Waals surface area contributed by atoms with Crippen LogP contribution < -0.4 is 0 Å². The number of unbranched alkanes of at least 4 members (excludes halogenated alkanes) is 1. The van der Waals surface area contributed by atoms with Crippen LogP contribution in [0.4, 0.5) is 0 Å². The van der Waals surface area contributed by atoms with Crippen LogP contribution in [0.1, 0.15) is 51.8 Å². The molecule has 0 saturated heterocycles. The number of hydrogen-bond acceptors (Lipinski definition) is 2. The highest BCUT2D eigenvalue weighted by molar-refractivity contribution is 5.72. The second-order valence-corrected chi connectivity index (χ2v) is 6.74. The van der Waals surface area contributed by atoms with Gasteiger partial charge in [0, 0.05) is 12.0 Å². The molecule has 3 heteroatoms. The monoisotopic (exact) mass is 286 g/mol. The quantitative estimate of drug-likeness (QED) is 0.887. The number of aromatic nitrogens is 2. The molecule has 1 aromatic heterocycles. The molecular weight excluding hydrogens is 260 g/mol. The Morgan fingerprint density at radius 2 is 1.76 bits per heavy atom. The van der Waals surface area contributed by atoms with Gasteiger partial charge in [0.1, 0.15) is 0 Å². The molecule has 3 nitrogen and oxygen atoms in total. The second kappa shape index (κ2) is 5.92. The van der Waals surface area contributed by atoms with E-state index in [2.05, 4.69) is 64.0 Å². The van der Waals surface area contributed by atoms with Crippen molar-refractivity contribution in [3.8, 4) is 17.0 Å². The van der Waals surface area contributed by atoms with Crippen molar-refractivity contribution in [2.24, 2.45) is 0 Å². The van der Waals surface area contributed by atoms with Crippen LogP contribution in [0.15, 0.2) is 24.3 Å². The van der Waals surface area contributed by atoms with Crippen molar-refractivity contribution in [3.05, 3.63) is 35.5 Å². The topological polar surface area (TPSA) is 38.0 Å². The van der Waals surface area contributed by atoms with Crippen molar-refractivity contribution in [3.63, 3.8) is 0 Å². The van der Waals surface area contributed by atoms with E-state index in [-0.39, 0.29) is 11.3 Å². The fourth-order valence-electron chi connectivity index (χ4n) is 2.67. The third kappa shape index (κ3) is 3.29. The molecule has 0 amide bonds. The minimum absolute atomic E-state index is 0.0675. The third-order valence-corrected chi connectivity index (χ3v) is 3.71. The lowest BCUT2D eigenvalue weighted by molar-refractivity contribution is 0.426. The minimum Gasteiger partial charge on any atom is -0.492 e. The fourth-order valence-corrected chi connectivity index (χ4v) is 2.67. The predicted octanol–water partition coefficient (Wildman–Crippen LogP) is 4.66. The Labute approximate surface area is 127 Å². The van der Waals surface area contributed by atoms with E-state index in [4.69, 9.17) is 0 Å². The Hall–Kier alpha value is -1.77. The number of nitrogens with zero attached hydrogens (tertiary/aromatic N) is 2. The summed E-state index contributed by atoms with van der Waals surface area (Å²) < 4.78 is 1.98. The molecule has 1 N–H and O–H groups in total. The summed E-state index contributed by atoms with van der Waals surface area (Å²) in [5.74, 6) is 0.139. The molecule has 1 heterocycles. The van der Waals surface area contributed by atoms with Crippen LogP contribution >= 0.6 is 0 Å². The molecule has 114 valence electrons. The molecule has 2 rings (SSSR count). The molecule has 2 aromatic rings. The molecule has 0 saturated carbocycles. The summed E-state index contributed by atoms with van der Waals surface area (Å²) in [7, 11) is 0. The summed E-state index contributed by atoms with van der Waals surface area (Å²) >= 11 is 0. The number of aryl methyl sites for hydroxylation is 2. The van der Waals surface area contributed by atoms with E-state index in [1.165, 1.54) is 5.56 Å². The molecule has 0 aliphatic heterocycles. The molecule has 0 bridgehead atoms. The molecule has 1 aromatic carbocycles. The Balaban J connectivity index is 2.59. The maximum Gasteiger partial charge on any atom is 0.238 e. The van der Waals surface area contributed by atoms with Crippen LogP contribution in [0.5, 0.6) is 5.88 Å². The predicted molar refractivity (Wildman–Crippen MR) is 87.7 cm³/mol. The van der Waals surface area contributed by atoms with Crippen molar-refractivity contribution >= 4 is 0 Å². The number of benzene rings is 1. The number of rotatable bonds is 4. The average molecular weight is 286 g/mol. The highest BCUT2D eigenvalue weighted by Gasteiger charge is 2.28. The van der Waals surface area contributed by atoms with Gasteiger partial charge in [-0.1, -0.05) is 63.9 Å². The van der Waals surface area contributed by atoms with Gasteiger partial charge in [0.05, 0.1) is 11.3 Å². The Bertz CT molecular complexity index is 603. The van der Waals surface area contributed by atoms with Crippen LogP contribution in [-0.4, -0.2) is 14.9 Å². The molecule has 0 atom stereocenters. The van der Waals surface area contributed by atoms with E-state index < -0.39 is 0 Å². The molecule has 21 heavy (non-hydrogen) atoms. The fraction of sp³-hybridized carbons (Fsp3) is 0.500. The van der Waals surface area contributed by atoms with Crippen LogP contribution in [-0.2, 0) is 12.0 Å². The van der Waals surface area contributed by atoms with E-state index >= 15 is 0 Å². The van der Waals surface area contributed by atoms with Gasteiger partial charge in [-0.05, 0) is 18.9 Å². The van der Waals surface area contributed by atoms with Crippen LogP contribution in [0.25, 0.3) is 11.1 Å². The highest BCUT2D eigenvalue weighted by Crippen LogP contribution is 2.39. The van der Waals surface area contributed by atoms with E-state index in [1.54, 1.807) is 0 Å². The van der Waals surface area contributed by atoms with Crippen LogP contribution in [0.3, 0.4) is 0 Å². The number of aromatic hydroxyl groups is 1. The summed E-state index contributed by atoms with van der Waals surface area (Å²) in [4.78, 5) is 0. The van der Waals surface area contributed by atoms with E-state index in [9.17, 15) is 5.11 Å². The molecule has 0 aliphatic carbocycles. The zero-order chi connectivity index (χ0) is 15.6. The van der Waals surface area contributed by atoms with Gasteiger partial charge in [0.2, 0.25) is 5.88 Å². The van der Waals surface area contributed by atoms with Gasteiger partial charge in [-0.25, -0.2) is 0 Å². The maximum atomic E-state index is 10.4. The molecular formula is C18H26N2O. The van der Waals surface area contributed by atoms with Crippen molar-refractivity contribution in [1.82, 2.24) is 9.78 Å². The molecule has 0 aliphatic rings. The van der Waals surface area contributed by atoms with Crippen LogP contribution in [0, 0.1) is 6.92 Å². The van der Waals surface area contributed by atoms with Gasteiger partial charge in [-0.2, -0.15) is 0 Å². The standard InChI is InChI=1S/C18H26N2O/c1-6-7-12-20-16(18(3,4)5)15(17(21)19-20)14-10-8-13(2)9-11-14/h8-11H,6-7,12H2,1-5H3,(H,19,21). The summed E-state index contributed by atoms with van der Waals surface area (Å²) in [6.07, 6.45) is 2.18. The molecule has 0 fully saturated rings. The molecule has 0 unspecified atom stereocenters. The highest BCUT2D eigenvalue weighted by atomic mass is 16.3. The summed E-state index contributed by atoms with van der Waals surface area (Å²) in [6.45, 7) is 11.6. The van der Waals surface area contributed by atoms with E-state index in [1.807, 2.05) is 4.68 Å². The van der Waals surface area contributed by atoms with Gasteiger partial charge >= 0.3 is 0 Å². The van der Waals surface area contributed by atoms with Gasteiger partial charge in [0.25, 0.3) is 0 Å². The normalized spacial score (nSPS) is 11.9. The van der Waals surface area contributed by atoms with Gasteiger partial charge in [-0.3, -0.25) is 4.68 Å². The first-order chi connectivity index (χ1) is 9.84. The van der Waals surface area contributed by atoms with Gasteiger partial charge < -0.3 is 5.11 Å². The minimum atomic E-state index is -0.0675.